The number of benzene rings is 1. The molecule has 0 bridgehead atoms. The van der Waals surface area contributed by atoms with Crippen LogP contribution in [0.1, 0.15) is 25.7 Å². The molecule has 0 spiro atoms. The molecule has 3 heterocycles. The van der Waals surface area contributed by atoms with Crippen molar-refractivity contribution in [1.29, 1.82) is 0 Å². The summed E-state index contributed by atoms with van der Waals surface area (Å²) in [6, 6.07) is 12.8. The molecule has 0 saturated carbocycles. The summed E-state index contributed by atoms with van der Waals surface area (Å²) in [6.07, 6.45) is 7.38. The van der Waals surface area contributed by atoms with E-state index >= 15 is 0 Å². The lowest BCUT2D eigenvalue weighted by Crippen LogP contribution is -2.43. The number of carbonyl (C=O) groups excluding carboxylic acids is 1. The third-order valence-electron chi connectivity index (χ3n) is 5.53. The maximum absolute atomic E-state index is 11.9. The number of nitrogens with one attached hydrogen (secondary N) is 1. The first-order valence-corrected chi connectivity index (χ1v) is 10.2. The van der Waals surface area contributed by atoms with Gasteiger partial charge in [0.05, 0.1) is 6.20 Å². The molecule has 148 valence electrons. The van der Waals surface area contributed by atoms with E-state index in [-0.39, 0.29) is 5.91 Å². The predicted octanol–water partition coefficient (Wildman–Crippen LogP) is 2.85. The minimum Gasteiger partial charge on any atom is -0.491 e. The summed E-state index contributed by atoms with van der Waals surface area (Å²) in [5.74, 6) is 1.06. The number of hydrogen-bond acceptors (Lipinski definition) is 5. The molecule has 2 aromatic rings. The summed E-state index contributed by atoms with van der Waals surface area (Å²) in [7, 11) is 0. The lowest BCUT2D eigenvalue weighted by atomic mass is 10.0. The molecule has 0 atom stereocenters. The first kappa shape index (κ1) is 18.7. The van der Waals surface area contributed by atoms with Gasteiger partial charge < -0.3 is 19.9 Å². The smallest absolute Gasteiger partial charge is 0.227 e. The van der Waals surface area contributed by atoms with Crippen LogP contribution in [-0.2, 0) is 4.79 Å². The van der Waals surface area contributed by atoms with Crippen molar-refractivity contribution < 1.29 is 9.53 Å². The fraction of sp³-hybridized carbons (Fsp3) is 0.455. The Bertz CT molecular complexity index is 758. The number of ether oxygens (including phenoxy) is 1. The molecule has 4 rings (SSSR count). The Hall–Kier alpha value is -2.60. The van der Waals surface area contributed by atoms with E-state index in [0.29, 0.717) is 19.1 Å². The third kappa shape index (κ3) is 4.62. The summed E-state index contributed by atoms with van der Waals surface area (Å²) in [5.41, 5.74) is 2.27. The Kier molecular flexibility index (Phi) is 6.07. The van der Waals surface area contributed by atoms with Crippen molar-refractivity contribution in [2.45, 2.75) is 31.7 Å². The standard InChI is InChI=1S/C22H28N4O2/c27-22-4-2-13-26(22)20-7-5-19(6-8-20)25-14-9-18(10-15-25)24-12-16-28-21-3-1-11-23-17-21/h1,3,5-8,11,17-18,24H,2,4,9-10,12-16H2. The van der Waals surface area contributed by atoms with Crippen LogP contribution in [0.15, 0.2) is 48.8 Å². The summed E-state index contributed by atoms with van der Waals surface area (Å²) >= 11 is 0. The predicted molar refractivity (Wildman–Crippen MR) is 111 cm³/mol. The van der Waals surface area contributed by atoms with E-state index < -0.39 is 0 Å². The summed E-state index contributed by atoms with van der Waals surface area (Å²) in [6.45, 7) is 4.44. The number of nitrogens with zero attached hydrogens (tertiary/aromatic N) is 3. The van der Waals surface area contributed by atoms with Crippen molar-refractivity contribution in [2.75, 3.05) is 42.6 Å². The van der Waals surface area contributed by atoms with E-state index in [1.165, 1.54) is 5.69 Å². The molecule has 2 saturated heterocycles. The maximum atomic E-state index is 11.9. The van der Waals surface area contributed by atoms with Gasteiger partial charge in [-0.05, 0) is 55.7 Å². The lowest BCUT2D eigenvalue weighted by Gasteiger charge is -2.34. The lowest BCUT2D eigenvalue weighted by molar-refractivity contribution is -0.117. The molecule has 2 aliphatic heterocycles. The van der Waals surface area contributed by atoms with Crippen molar-refractivity contribution in [3.05, 3.63) is 48.8 Å². The largest absolute Gasteiger partial charge is 0.491 e. The number of hydrogen-bond donors (Lipinski definition) is 1. The second kappa shape index (κ2) is 9.06. The Balaban J connectivity index is 1.19. The van der Waals surface area contributed by atoms with Crippen molar-refractivity contribution in [1.82, 2.24) is 10.3 Å². The Morgan fingerprint density at radius 3 is 2.54 bits per heavy atom. The van der Waals surface area contributed by atoms with E-state index in [4.69, 9.17) is 4.74 Å². The highest BCUT2D eigenvalue weighted by atomic mass is 16.5. The summed E-state index contributed by atoms with van der Waals surface area (Å²) in [4.78, 5) is 20.3. The number of amides is 1. The van der Waals surface area contributed by atoms with Gasteiger partial charge in [0.2, 0.25) is 5.91 Å². The quantitative estimate of drug-likeness (QED) is 0.749. The van der Waals surface area contributed by atoms with Gasteiger partial charge in [-0.2, -0.15) is 0 Å². The number of rotatable bonds is 7. The molecule has 1 amide bonds. The van der Waals surface area contributed by atoms with E-state index in [0.717, 1.165) is 56.9 Å². The Morgan fingerprint density at radius 1 is 1.07 bits per heavy atom. The minimum atomic E-state index is 0.243. The van der Waals surface area contributed by atoms with Gasteiger partial charge in [0.15, 0.2) is 0 Å². The highest BCUT2D eigenvalue weighted by Crippen LogP contribution is 2.26. The molecular weight excluding hydrogens is 352 g/mol. The molecule has 2 aliphatic rings. The van der Waals surface area contributed by atoms with Crippen LogP contribution in [0.25, 0.3) is 0 Å². The zero-order valence-electron chi connectivity index (χ0n) is 16.2. The molecule has 1 aromatic carbocycles. The van der Waals surface area contributed by atoms with Gasteiger partial charge in [-0.15, -0.1) is 0 Å². The van der Waals surface area contributed by atoms with Crippen LogP contribution in [0.2, 0.25) is 0 Å². The highest BCUT2D eigenvalue weighted by Gasteiger charge is 2.22. The molecule has 6 heteroatoms. The van der Waals surface area contributed by atoms with Gasteiger partial charge in [0.1, 0.15) is 12.4 Å². The van der Waals surface area contributed by atoms with Crippen molar-refractivity contribution in [2.24, 2.45) is 0 Å². The summed E-state index contributed by atoms with van der Waals surface area (Å²) in [5, 5.41) is 3.60. The SMILES string of the molecule is O=C1CCCN1c1ccc(N2CCC(NCCOc3cccnc3)CC2)cc1. The zero-order valence-corrected chi connectivity index (χ0v) is 16.2. The Morgan fingerprint density at radius 2 is 1.86 bits per heavy atom. The molecule has 2 fully saturated rings. The van der Waals surface area contributed by atoms with Gasteiger partial charge in [0.25, 0.3) is 0 Å². The van der Waals surface area contributed by atoms with Crippen molar-refractivity contribution in [3.63, 3.8) is 0 Å². The molecule has 1 N–H and O–H groups in total. The monoisotopic (exact) mass is 380 g/mol. The van der Waals surface area contributed by atoms with E-state index in [2.05, 4.69) is 39.5 Å². The first-order chi connectivity index (χ1) is 13.8. The van der Waals surface area contributed by atoms with E-state index in [1.807, 2.05) is 17.0 Å². The Labute approximate surface area is 166 Å². The number of anilines is 2. The average molecular weight is 380 g/mol. The fourth-order valence-electron chi connectivity index (χ4n) is 3.97. The highest BCUT2D eigenvalue weighted by molar-refractivity contribution is 5.95. The van der Waals surface area contributed by atoms with Gasteiger partial charge >= 0.3 is 0 Å². The molecule has 0 radical (unpaired) electrons. The molecule has 0 unspecified atom stereocenters. The molecule has 6 nitrogen and oxygen atoms in total. The maximum Gasteiger partial charge on any atom is 0.227 e. The second-order valence-corrected chi connectivity index (χ2v) is 7.42. The van der Waals surface area contributed by atoms with Crippen LogP contribution in [0, 0.1) is 0 Å². The van der Waals surface area contributed by atoms with E-state index in [1.54, 1.807) is 12.4 Å². The van der Waals surface area contributed by atoms with Gasteiger partial charge in [-0.3, -0.25) is 9.78 Å². The summed E-state index contributed by atoms with van der Waals surface area (Å²) < 4.78 is 5.69. The van der Waals surface area contributed by atoms with Crippen LogP contribution in [0.5, 0.6) is 5.75 Å². The third-order valence-corrected chi connectivity index (χ3v) is 5.53. The van der Waals surface area contributed by atoms with Gasteiger partial charge in [-0.25, -0.2) is 0 Å². The van der Waals surface area contributed by atoms with Gasteiger partial charge in [0, 0.05) is 56.2 Å². The van der Waals surface area contributed by atoms with Crippen LogP contribution in [0.3, 0.4) is 0 Å². The normalized spacial score (nSPS) is 17.9. The zero-order chi connectivity index (χ0) is 19.2. The number of piperidine rings is 1. The fourth-order valence-corrected chi connectivity index (χ4v) is 3.97. The molecule has 1 aromatic heterocycles. The number of aromatic nitrogens is 1. The molecule has 0 aliphatic carbocycles. The first-order valence-electron chi connectivity index (χ1n) is 10.2. The van der Waals surface area contributed by atoms with Crippen LogP contribution in [-0.4, -0.2) is 49.7 Å². The number of pyridine rings is 1. The van der Waals surface area contributed by atoms with E-state index in [9.17, 15) is 4.79 Å². The van der Waals surface area contributed by atoms with Crippen LogP contribution >= 0.6 is 0 Å². The number of carbonyl (C=O) groups is 1. The van der Waals surface area contributed by atoms with Crippen LogP contribution < -0.4 is 19.9 Å². The topological polar surface area (TPSA) is 57.7 Å². The van der Waals surface area contributed by atoms with Crippen molar-refractivity contribution in [3.8, 4) is 5.75 Å². The molecular formula is C22H28N4O2. The van der Waals surface area contributed by atoms with Crippen molar-refractivity contribution >= 4 is 17.3 Å². The second-order valence-electron chi connectivity index (χ2n) is 7.42. The van der Waals surface area contributed by atoms with Crippen LogP contribution in [0.4, 0.5) is 11.4 Å². The minimum absolute atomic E-state index is 0.243. The average Bonchev–Trinajstić information content (AvgIpc) is 3.18. The molecule has 28 heavy (non-hydrogen) atoms. The van der Waals surface area contributed by atoms with Gasteiger partial charge in [-0.1, -0.05) is 0 Å².